The number of likely N-dealkylation sites (tertiary alicyclic amines) is 1. The molecule has 0 aromatic carbocycles. The quantitative estimate of drug-likeness (QED) is 0.721. The maximum Gasteiger partial charge on any atom is 0.0567 e. The lowest BCUT2D eigenvalue weighted by Crippen LogP contribution is -2.43. The molecule has 12 heavy (non-hydrogen) atoms. The predicted octanol–water partition coefficient (Wildman–Crippen LogP) is 1.19. The third-order valence-electron chi connectivity index (χ3n) is 2.57. The molecule has 72 valence electrons. The van der Waals surface area contributed by atoms with Gasteiger partial charge in [-0.3, -0.25) is 4.90 Å². The van der Waals surface area contributed by atoms with Gasteiger partial charge in [-0.2, -0.15) is 11.8 Å². The Bertz CT molecular complexity index is 130. The summed E-state index contributed by atoms with van der Waals surface area (Å²) in [5, 5.41) is 9.39. The van der Waals surface area contributed by atoms with E-state index in [-0.39, 0.29) is 6.10 Å². The van der Waals surface area contributed by atoms with E-state index in [4.69, 9.17) is 0 Å². The molecule has 1 aliphatic heterocycles. The van der Waals surface area contributed by atoms with Crippen LogP contribution in [0.15, 0.2) is 0 Å². The third kappa shape index (κ3) is 2.96. The highest BCUT2D eigenvalue weighted by Crippen LogP contribution is 2.16. The Morgan fingerprint density at radius 2 is 2.33 bits per heavy atom. The Balaban J connectivity index is 2.25. The fourth-order valence-corrected chi connectivity index (χ4v) is 2.15. The third-order valence-corrected chi connectivity index (χ3v) is 3.16. The van der Waals surface area contributed by atoms with E-state index in [0.29, 0.717) is 6.04 Å². The van der Waals surface area contributed by atoms with Crippen LogP contribution < -0.4 is 0 Å². The predicted molar refractivity (Wildman–Crippen MR) is 54.7 cm³/mol. The molecule has 3 heteroatoms. The maximum atomic E-state index is 9.39. The topological polar surface area (TPSA) is 23.5 Å². The highest BCUT2D eigenvalue weighted by molar-refractivity contribution is 7.98. The lowest BCUT2D eigenvalue weighted by molar-refractivity contribution is 0.0520. The summed E-state index contributed by atoms with van der Waals surface area (Å²) in [4.78, 5) is 2.48. The SMILES string of the molecule is CSCCN1CC[C@H](O)C[C@@H]1C. The molecule has 1 saturated heterocycles. The van der Waals surface area contributed by atoms with Crippen LogP contribution in [0.1, 0.15) is 19.8 Å². The first kappa shape index (κ1) is 10.4. The number of hydrogen-bond acceptors (Lipinski definition) is 3. The average Bonchev–Trinajstić information content (AvgIpc) is 2.03. The minimum absolute atomic E-state index is 0.0504. The molecule has 1 fully saturated rings. The van der Waals surface area contributed by atoms with Gasteiger partial charge in [0.25, 0.3) is 0 Å². The van der Waals surface area contributed by atoms with Crippen LogP contribution in [0, 0.1) is 0 Å². The fraction of sp³-hybridized carbons (Fsp3) is 1.00. The zero-order chi connectivity index (χ0) is 8.97. The second kappa shape index (κ2) is 5.10. The molecule has 0 bridgehead atoms. The summed E-state index contributed by atoms with van der Waals surface area (Å²) in [5.74, 6) is 1.21. The van der Waals surface area contributed by atoms with Crippen molar-refractivity contribution in [1.82, 2.24) is 4.90 Å². The molecule has 0 amide bonds. The molecule has 0 aliphatic carbocycles. The van der Waals surface area contributed by atoms with Gasteiger partial charge in [0.1, 0.15) is 0 Å². The van der Waals surface area contributed by atoms with Crippen molar-refractivity contribution in [3.8, 4) is 0 Å². The summed E-state index contributed by atoms with van der Waals surface area (Å²) in [7, 11) is 0. The molecule has 1 N–H and O–H groups in total. The summed E-state index contributed by atoms with van der Waals surface area (Å²) in [6.45, 7) is 4.46. The normalized spacial score (nSPS) is 32.2. The molecular formula is C9H19NOS. The van der Waals surface area contributed by atoms with Gasteiger partial charge in [-0.1, -0.05) is 0 Å². The Kier molecular flexibility index (Phi) is 4.40. The van der Waals surface area contributed by atoms with Crippen LogP contribution in [-0.4, -0.2) is 47.3 Å². The first-order valence-corrected chi connectivity index (χ1v) is 6.04. The molecule has 1 heterocycles. The van der Waals surface area contributed by atoms with Crippen molar-refractivity contribution in [3.63, 3.8) is 0 Å². The molecule has 0 radical (unpaired) electrons. The molecule has 0 unspecified atom stereocenters. The van der Waals surface area contributed by atoms with Crippen LogP contribution in [-0.2, 0) is 0 Å². The molecule has 0 saturated carbocycles. The zero-order valence-electron chi connectivity index (χ0n) is 7.99. The van der Waals surface area contributed by atoms with Crippen molar-refractivity contribution in [1.29, 1.82) is 0 Å². The van der Waals surface area contributed by atoms with E-state index in [1.165, 1.54) is 12.3 Å². The van der Waals surface area contributed by atoms with Gasteiger partial charge in [0.05, 0.1) is 6.10 Å². The van der Waals surface area contributed by atoms with Crippen LogP contribution in [0.2, 0.25) is 0 Å². The van der Waals surface area contributed by atoms with Crippen molar-refractivity contribution in [2.45, 2.75) is 31.9 Å². The molecule has 0 spiro atoms. The second-order valence-electron chi connectivity index (χ2n) is 3.56. The molecule has 0 aromatic rings. The summed E-state index contributed by atoms with van der Waals surface area (Å²) in [5.41, 5.74) is 0. The Hall–Kier alpha value is 0.270. The van der Waals surface area contributed by atoms with Crippen LogP contribution in [0.25, 0.3) is 0 Å². The first-order valence-electron chi connectivity index (χ1n) is 4.65. The smallest absolute Gasteiger partial charge is 0.0567 e. The number of piperidine rings is 1. The Morgan fingerprint density at radius 3 is 2.92 bits per heavy atom. The van der Waals surface area contributed by atoms with Crippen molar-refractivity contribution in [2.75, 3.05) is 25.1 Å². The van der Waals surface area contributed by atoms with Gasteiger partial charge in [-0.05, 0) is 26.0 Å². The van der Waals surface area contributed by atoms with Crippen LogP contribution >= 0.6 is 11.8 Å². The Morgan fingerprint density at radius 1 is 1.58 bits per heavy atom. The number of thioether (sulfide) groups is 1. The van der Waals surface area contributed by atoms with Crippen molar-refractivity contribution in [3.05, 3.63) is 0 Å². The van der Waals surface area contributed by atoms with E-state index in [1.807, 2.05) is 11.8 Å². The van der Waals surface area contributed by atoms with Gasteiger partial charge in [0.15, 0.2) is 0 Å². The molecule has 0 aromatic heterocycles. The second-order valence-corrected chi connectivity index (χ2v) is 4.54. The van der Waals surface area contributed by atoms with Gasteiger partial charge >= 0.3 is 0 Å². The van der Waals surface area contributed by atoms with Crippen LogP contribution in [0.5, 0.6) is 0 Å². The average molecular weight is 189 g/mol. The standard InChI is InChI=1S/C9H19NOS/c1-8-7-9(11)3-4-10(8)5-6-12-2/h8-9,11H,3-7H2,1-2H3/t8-,9-/m0/s1. The number of nitrogens with zero attached hydrogens (tertiary/aromatic N) is 1. The molecule has 2 atom stereocenters. The minimum atomic E-state index is -0.0504. The summed E-state index contributed by atoms with van der Waals surface area (Å²) >= 11 is 1.89. The van der Waals surface area contributed by atoms with Gasteiger partial charge < -0.3 is 5.11 Å². The van der Waals surface area contributed by atoms with Crippen molar-refractivity contribution >= 4 is 11.8 Å². The summed E-state index contributed by atoms with van der Waals surface area (Å²) in [6.07, 6.45) is 4.00. The van der Waals surface area contributed by atoms with E-state index in [1.54, 1.807) is 0 Å². The molecular weight excluding hydrogens is 170 g/mol. The maximum absolute atomic E-state index is 9.39. The van der Waals surface area contributed by atoms with Gasteiger partial charge in [0.2, 0.25) is 0 Å². The summed E-state index contributed by atoms with van der Waals surface area (Å²) < 4.78 is 0. The minimum Gasteiger partial charge on any atom is -0.393 e. The van der Waals surface area contributed by atoms with Gasteiger partial charge in [0, 0.05) is 24.9 Å². The lowest BCUT2D eigenvalue weighted by Gasteiger charge is -2.35. The number of rotatable bonds is 3. The largest absolute Gasteiger partial charge is 0.393 e. The Labute approximate surface area is 79.3 Å². The zero-order valence-corrected chi connectivity index (χ0v) is 8.81. The van der Waals surface area contributed by atoms with Gasteiger partial charge in [-0.25, -0.2) is 0 Å². The van der Waals surface area contributed by atoms with E-state index in [0.717, 1.165) is 19.4 Å². The molecule has 1 aliphatic rings. The van der Waals surface area contributed by atoms with E-state index in [9.17, 15) is 5.11 Å². The fourth-order valence-electron chi connectivity index (χ4n) is 1.74. The first-order chi connectivity index (χ1) is 5.74. The number of hydrogen-bond donors (Lipinski definition) is 1. The lowest BCUT2D eigenvalue weighted by atomic mass is 10.0. The molecule has 1 rings (SSSR count). The van der Waals surface area contributed by atoms with Crippen LogP contribution in [0.3, 0.4) is 0 Å². The van der Waals surface area contributed by atoms with Gasteiger partial charge in [-0.15, -0.1) is 0 Å². The van der Waals surface area contributed by atoms with Crippen molar-refractivity contribution < 1.29 is 5.11 Å². The number of aliphatic hydroxyl groups excluding tert-OH is 1. The van der Waals surface area contributed by atoms with Crippen molar-refractivity contribution in [2.24, 2.45) is 0 Å². The monoisotopic (exact) mass is 189 g/mol. The van der Waals surface area contributed by atoms with E-state index >= 15 is 0 Å². The number of aliphatic hydroxyl groups is 1. The summed E-state index contributed by atoms with van der Waals surface area (Å²) in [6, 6.07) is 0.570. The van der Waals surface area contributed by atoms with E-state index in [2.05, 4.69) is 18.1 Å². The highest BCUT2D eigenvalue weighted by Gasteiger charge is 2.22. The molecule has 2 nitrogen and oxygen atoms in total. The van der Waals surface area contributed by atoms with E-state index < -0.39 is 0 Å². The van der Waals surface area contributed by atoms with Crippen LogP contribution in [0.4, 0.5) is 0 Å². The highest BCUT2D eigenvalue weighted by atomic mass is 32.2.